The van der Waals surface area contributed by atoms with Gasteiger partial charge >= 0.3 is 0 Å². The highest BCUT2D eigenvalue weighted by Gasteiger charge is 2.10. The van der Waals surface area contributed by atoms with E-state index in [1.54, 1.807) is 31.4 Å². The Morgan fingerprint density at radius 2 is 2.11 bits per heavy atom. The Kier molecular flexibility index (Phi) is 5.78. The van der Waals surface area contributed by atoms with E-state index in [1.165, 1.54) is 0 Å². The summed E-state index contributed by atoms with van der Waals surface area (Å²) in [6.45, 7) is 1.79. The Bertz CT molecular complexity index is 938. The van der Waals surface area contributed by atoms with Crippen LogP contribution < -0.4 is 14.8 Å². The number of carbonyl (C=O) groups is 1. The van der Waals surface area contributed by atoms with Crippen molar-refractivity contribution in [3.05, 3.63) is 54.1 Å². The Morgan fingerprint density at radius 3 is 2.85 bits per heavy atom. The van der Waals surface area contributed by atoms with Crippen LogP contribution >= 0.6 is 0 Å². The lowest BCUT2D eigenvalue weighted by atomic mass is 10.2. The highest BCUT2D eigenvalue weighted by molar-refractivity contribution is 5.92. The van der Waals surface area contributed by atoms with Gasteiger partial charge in [0.2, 0.25) is 5.82 Å². The number of nitrogens with one attached hydrogen (secondary N) is 2. The maximum Gasteiger partial charge on any atom is 0.262 e. The number of nitrogens with zero attached hydrogens (tertiary/aromatic N) is 3. The molecule has 0 saturated carbocycles. The Morgan fingerprint density at radius 1 is 1.22 bits per heavy atom. The van der Waals surface area contributed by atoms with Gasteiger partial charge in [-0.25, -0.2) is 0 Å². The standard InChI is InChI=1S/C19H19N5O3/c1-3-5-13-8-9-16(17(10-13)26-2)27-12-18(25)20-15-7-4-6-14(11-15)19-21-23-24-22-19/h3-11H,12H2,1-2H3,(H,20,25)(H,21,22,23,24)/b5-3+. The quantitative estimate of drug-likeness (QED) is 0.667. The van der Waals surface area contributed by atoms with Crippen LogP contribution in [-0.2, 0) is 4.79 Å². The Labute approximate surface area is 156 Å². The molecule has 8 heteroatoms. The molecule has 0 aliphatic heterocycles. The van der Waals surface area contributed by atoms with E-state index in [1.807, 2.05) is 37.3 Å². The number of ether oxygens (including phenoxy) is 2. The third kappa shape index (κ3) is 4.69. The number of methoxy groups -OCH3 is 1. The van der Waals surface area contributed by atoms with Crippen molar-refractivity contribution in [3.63, 3.8) is 0 Å². The van der Waals surface area contributed by atoms with Crippen LogP contribution in [0.3, 0.4) is 0 Å². The monoisotopic (exact) mass is 365 g/mol. The van der Waals surface area contributed by atoms with Gasteiger partial charge in [-0.2, -0.15) is 5.21 Å². The minimum Gasteiger partial charge on any atom is -0.493 e. The molecule has 0 bridgehead atoms. The Balaban J connectivity index is 1.63. The zero-order valence-corrected chi connectivity index (χ0v) is 15.0. The fraction of sp³-hybridized carbons (Fsp3) is 0.158. The van der Waals surface area contributed by atoms with Crippen LogP contribution in [0.5, 0.6) is 11.5 Å². The molecule has 2 N–H and O–H groups in total. The van der Waals surface area contributed by atoms with Crippen LogP contribution in [0.4, 0.5) is 5.69 Å². The molecule has 3 aromatic rings. The number of benzene rings is 2. The summed E-state index contributed by atoms with van der Waals surface area (Å²) >= 11 is 0. The van der Waals surface area contributed by atoms with E-state index in [4.69, 9.17) is 9.47 Å². The lowest BCUT2D eigenvalue weighted by molar-refractivity contribution is -0.118. The van der Waals surface area contributed by atoms with E-state index in [0.29, 0.717) is 23.0 Å². The molecule has 27 heavy (non-hydrogen) atoms. The number of rotatable bonds is 7. The van der Waals surface area contributed by atoms with Gasteiger partial charge in [0, 0.05) is 11.3 Å². The maximum absolute atomic E-state index is 12.2. The normalized spacial score (nSPS) is 10.7. The third-order valence-electron chi connectivity index (χ3n) is 3.66. The van der Waals surface area contributed by atoms with Crippen molar-refractivity contribution in [2.75, 3.05) is 19.0 Å². The predicted octanol–water partition coefficient (Wildman–Crippen LogP) is 2.93. The number of carbonyl (C=O) groups excluding carboxylic acids is 1. The molecule has 0 fully saturated rings. The van der Waals surface area contributed by atoms with Crippen molar-refractivity contribution in [1.82, 2.24) is 20.6 Å². The van der Waals surface area contributed by atoms with Crippen molar-refractivity contribution in [1.29, 1.82) is 0 Å². The molecule has 0 aliphatic rings. The second-order valence-electron chi connectivity index (χ2n) is 5.56. The lowest BCUT2D eigenvalue weighted by Gasteiger charge is -2.12. The lowest BCUT2D eigenvalue weighted by Crippen LogP contribution is -2.20. The SMILES string of the molecule is C/C=C/c1ccc(OCC(=O)Nc2cccc(-c3nn[nH]n3)c2)c(OC)c1. The number of H-pyrrole nitrogens is 1. The average Bonchev–Trinajstić information content (AvgIpc) is 3.22. The maximum atomic E-state index is 12.2. The van der Waals surface area contributed by atoms with Crippen molar-refractivity contribution in [3.8, 4) is 22.9 Å². The first-order chi connectivity index (χ1) is 13.2. The van der Waals surface area contributed by atoms with Crippen molar-refractivity contribution in [2.24, 2.45) is 0 Å². The number of allylic oxidation sites excluding steroid dienone is 1. The molecule has 3 rings (SSSR count). The molecule has 0 unspecified atom stereocenters. The Hall–Kier alpha value is -3.68. The number of anilines is 1. The van der Waals surface area contributed by atoms with Crippen molar-refractivity contribution >= 4 is 17.7 Å². The van der Waals surface area contributed by atoms with Gasteiger partial charge in [0.25, 0.3) is 5.91 Å². The molecule has 0 aliphatic carbocycles. The summed E-state index contributed by atoms with van der Waals surface area (Å²) in [7, 11) is 1.56. The summed E-state index contributed by atoms with van der Waals surface area (Å²) in [4.78, 5) is 12.2. The van der Waals surface area contributed by atoms with E-state index in [0.717, 1.165) is 11.1 Å². The van der Waals surface area contributed by atoms with Crippen LogP contribution in [0, 0.1) is 0 Å². The zero-order chi connectivity index (χ0) is 19.1. The molecular formula is C19H19N5O3. The number of aromatic nitrogens is 4. The van der Waals surface area contributed by atoms with Gasteiger partial charge in [-0.3, -0.25) is 4.79 Å². The summed E-state index contributed by atoms with van der Waals surface area (Å²) < 4.78 is 10.9. The summed E-state index contributed by atoms with van der Waals surface area (Å²) in [6, 6.07) is 12.7. The largest absolute Gasteiger partial charge is 0.493 e. The molecular weight excluding hydrogens is 346 g/mol. The van der Waals surface area contributed by atoms with Gasteiger partial charge < -0.3 is 14.8 Å². The number of hydrogen-bond donors (Lipinski definition) is 2. The van der Waals surface area contributed by atoms with E-state index in [-0.39, 0.29) is 12.5 Å². The second kappa shape index (κ2) is 8.61. The summed E-state index contributed by atoms with van der Waals surface area (Å²) in [5.74, 6) is 1.23. The minimum absolute atomic E-state index is 0.147. The molecule has 1 heterocycles. The fourth-order valence-corrected chi connectivity index (χ4v) is 2.46. The molecule has 1 aromatic heterocycles. The van der Waals surface area contributed by atoms with Crippen LogP contribution in [-0.4, -0.2) is 40.2 Å². The topological polar surface area (TPSA) is 102 Å². The summed E-state index contributed by atoms with van der Waals surface area (Å²) in [5, 5.41) is 16.5. The number of tetrazole rings is 1. The predicted molar refractivity (Wildman–Crippen MR) is 101 cm³/mol. The molecule has 2 aromatic carbocycles. The summed E-state index contributed by atoms with van der Waals surface area (Å²) in [6.07, 6.45) is 3.89. The highest BCUT2D eigenvalue weighted by atomic mass is 16.5. The van der Waals surface area contributed by atoms with Gasteiger partial charge in [-0.15, -0.1) is 10.2 Å². The van der Waals surface area contributed by atoms with Crippen LogP contribution in [0.2, 0.25) is 0 Å². The van der Waals surface area contributed by atoms with Gasteiger partial charge in [0.05, 0.1) is 7.11 Å². The first-order valence-corrected chi connectivity index (χ1v) is 8.27. The molecule has 1 amide bonds. The molecule has 0 spiro atoms. The van der Waals surface area contributed by atoms with E-state index < -0.39 is 0 Å². The number of amides is 1. The molecule has 0 atom stereocenters. The minimum atomic E-state index is -0.292. The van der Waals surface area contributed by atoms with E-state index in [9.17, 15) is 4.79 Å². The molecule has 8 nitrogen and oxygen atoms in total. The first kappa shape index (κ1) is 18.1. The summed E-state index contributed by atoms with van der Waals surface area (Å²) in [5.41, 5.74) is 2.34. The van der Waals surface area contributed by atoms with Gasteiger partial charge in [0.1, 0.15) is 0 Å². The van der Waals surface area contributed by atoms with Crippen molar-refractivity contribution in [2.45, 2.75) is 6.92 Å². The van der Waals surface area contributed by atoms with Crippen LogP contribution in [0.15, 0.2) is 48.5 Å². The fourth-order valence-electron chi connectivity index (χ4n) is 2.46. The number of hydrogen-bond acceptors (Lipinski definition) is 6. The second-order valence-corrected chi connectivity index (χ2v) is 5.56. The number of aromatic amines is 1. The molecule has 0 saturated heterocycles. The van der Waals surface area contributed by atoms with Gasteiger partial charge in [-0.1, -0.05) is 30.4 Å². The van der Waals surface area contributed by atoms with E-state index >= 15 is 0 Å². The highest BCUT2D eigenvalue weighted by Crippen LogP contribution is 2.28. The molecule has 138 valence electrons. The van der Waals surface area contributed by atoms with Gasteiger partial charge in [0.15, 0.2) is 18.1 Å². The first-order valence-electron chi connectivity index (χ1n) is 8.27. The van der Waals surface area contributed by atoms with Crippen LogP contribution in [0.1, 0.15) is 12.5 Å². The third-order valence-corrected chi connectivity index (χ3v) is 3.66. The van der Waals surface area contributed by atoms with E-state index in [2.05, 4.69) is 25.9 Å². The van der Waals surface area contributed by atoms with Gasteiger partial charge in [-0.05, 0) is 42.0 Å². The molecule has 0 radical (unpaired) electrons. The van der Waals surface area contributed by atoms with Crippen molar-refractivity contribution < 1.29 is 14.3 Å². The average molecular weight is 365 g/mol. The smallest absolute Gasteiger partial charge is 0.262 e. The zero-order valence-electron chi connectivity index (χ0n) is 15.0. The van der Waals surface area contributed by atoms with Crippen LogP contribution in [0.25, 0.3) is 17.5 Å².